The summed E-state index contributed by atoms with van der Waals surface area (Å²) in [7, 11) is -3.49. The quantitative estimate of drug-likeness (QED) is 0.542. The summed E-state index contributed by atoms with van der Waals surface area (Å²) in [6, 6.07) is 6.29. The summed E-state index contributed by atoms with van der Waals surface area (Å²) in [4.78, 5) is 10.3. The molecule has 0 aliphatic carbocycles. The molecule has 82 valence electrons. The Kier molecular flexibility index (Phi) is 7.00. The number of aryl methyl sites for hydroxylation is 1. The minimum Gasteiger partial charge on any atom is -0.550 e. The van der Waals surface area contributed by atoms with E-state index in [-0.39, 0.29) is 56.3 Å². The van der Waals surface area contributed by atoms with Crippen LogP contribution in [0.3, 0.4) is 0 Å². The maximum atomic E-state index is 11.6. The monoisotopic (exact) mass is 266 g/mol. The zero-order valence-electron chi connectivity index (χ0n) is 9.26. The first-order valence-corrected chi connectivity index (χ1v) is 6.06. The van der Waals surface area contributed by atoms with Gasteiger partial charge in [-0.25, -0.2) is 8.42 Å². The molecule has 0 atom stereocenters. The number of hydrogen-bond acceptors (Lipinski definition) is 4. The van der Waals surface area contributed by atoms with E-state index in [2.05, 4.69) is 0 Å². The van der Waals surface area contributed by atoms with Crippen molar-refractivity contribution in [2.45, 2.75) is 18.2 Å². The fraction of sp³-hybridized carbons (Fsp3) is 0.300. The van der Waals surface area contributed by atoms with E-state index in [1.807, 2.05) is 6.92 Å². The van der Waals surface area contributed by atoms with E-state index >= 15 is 0 Å². The normalized spacial score (nSPS) is 10.6. The number of carbonyl (C=O) groups is 1. The predicted molar refractivity (Wildman–Crippen MR) is 52.9 cm³/mol. The predicted octanol–water partition coefficient (Wildman–Crippen LogP) is -3.09. The summed E-state index contributed by atoms with van der Waals surface area (Å²) in [5, 5.41) is 10.2. The zero-order valence-corrected chi connectivity index (χ0v) is 13.2. The molecule has 0 aromatic heterocycles. The van der Waals surface area contributed by atoms with Crippen LogP contribution in [0.4, 0.5) is 0 Å². The van der Waals surface area contributed by atoms with Crippen LogP contribution in [0.25, 0.3) is 0 Å². The molecule has 0 saturated heterocycles. The van der Waals surface area contributed by atoms with Crippen LogP contribution in [0.5, 0.6) is 0 Å². The Labute approximate surface area is 137 Å². The van der Waals surface area contributed by atoms with Gasteiger partial charge in [-0.2, -0.15) is 0 Å². The van der Waals surface area contributed by atoms with Gasteiger partial charge < -0.3 is 9.90 Å². The maximum absolute atomic E-state index is 11.6. The Morgan fingerprint density at radius 1 is 1.25 bits per heavy atom. The Balaban J connectivity index is 0.00000225. The first-order chi connectivity index (χ1) is 6.92. The van der Waals surface area contributed by atoms with Crippen LogP contribution < -0.4 is 56.5 Å². The van der Waals surface area contributed by atoms with Gasteiger partial charge >= 0.3 is 51.4 Å². The summed E-state index contributed by atoms with van der Waals surface area (Å²) >= 11 is 0. The molecule has 0 aliphatic rings. The number of sulfone groups is 1. The van der Waals surface area contributed by atoms with Gasteiger partial charge in [-0.05, 0) is 19.1 Å². The number of carboxylic acid groups (broad SMARTS) is 1. The molecule has 0 heterocycles. The summed E-state index contributed by atoms with van der Waals surface area (Å²) in [6.45, 7) is 1.84. The van der Waals surface area contributed by atoms with Gasteiger partial charge in [0.1, 0.15) is 0 Å². The van der Waals surface area contributed by atoms with Crippen molar-refractivity contribution >= 4 is 15.8 Å². The van der Waals surface area contributed by atoms with Gasteiger partial charge in [-0.1, -0.05) is 17.7 Å². The fourth-order valence-electron chi connectivity index (χ4n) is 1.08. The first kappa shape index (κ1) is 16.3. The molecular formula is C10H11KO4S. The average Bonchev–Trinajstić information content (AvgIpc) is 2.16. The Morgan fingerprint density at radius 2 is 1.75 bits per heavy atom. The summed E-state index contributed by atoms with van der Waals surface area (Å²) in [6.07, 6.45) is -0.476. The first-order valence-electron chi connectivity index (χ1n) is 4.41. The van der Waals surface area contributed by atoms with Crippen molar-refractivity contribution in [3.8, 4) is 0 Å². The van der Waals surface area contributed by atoms with Gasteiger partial charge in [0.25, 0.3) is 0 Å². The van der Waals surface area contributed by atoms with Crippen LogP contribution in [0.1, 0.15) is 12.0 Å². The number of hydrogen-bond donors (Lipinski definition) is 0. The third-order valence-corrected chi connectivity index (χ3v) is 3.69. The molecule has 1 rings (SSSR count). The molecule has 0 aliphatic heterocycles. The minimum absolute atomic E-state index is 0. The second-order valence-corrected chi connectivity index (χ2v) is 5.36. The van der Waals surface area contributed by atoms with Gasteiger partial charge in [0.2, 0.25) is 0 Å². The smallest absolute Gasteiger partial charge is 0.550 e. The molecule has 0 radical (unpaired) electrons. The largest absolute Gasteiger partial charge is 1.00 e. The Morgan fingerprint density at radius 3 is 2.19 bits per heavy atom. The maximum Gasteiger partial charge on any atom is 1.00 e. The SMILES string of the molecule is Cc1ccc(S(=O)(=O)CCC(=O)[O-])cc1.[K+]. The number of carboxylic acids is 1. The van der Waals surface area contributed by atoms with Gasteiger partial charge in [-0.3, -0.25) is 0 Å². The van der Waals surface area contributed by atoms with E-state index in [4.69, 9.17) is 0 Å². The average molecular weight is 266 g/mol. The van der Waals surface area contributed by atoms with Crippen molar-refractivity contribution in [2.24, 2.45) is 0 Å². The molecule has 4 nitrogen and oxygen atoms in total. The Hall–Kier alpha value is 0.276. The third-order valence-electron chi connectivity index (χ3n) is 1.96. The van der Waals surface area contributed by atoms with Crippen LogP contribution in [-0.4, -0.2) is 20.1 Å². The molecule has 0 N–H and O–H groups in total. The van der Waals surface area contributed by atoms with Crippen LogP contribution in [0.2, 0.25) is 0 Å². The number of benzene rings is 1. The molecule has 16 heavy (non-hydrogen) atoms. The second kappa shape index (κ2) is 6.88. The van der Waals surface area contributed by atoms with Crippen LogP contribution in [0, 0.1) is 6.92 Å². The summed E-state index contributed by atoms with van der Waals surface area (Å²) in [5.41, 5.74) is 0.953. The van der Waals surface area contributed by atoms with Crippen molar-refractivity contribution < 1.29 is 69.7 Å². The third kappa shape index (κ3) is 5.07. The minimum atomic E-state index is -3.49. The Bertz CT molecular complexity index is 450. The zero-order chi connectivity index (χ0) is 11.5. The second-order valence-electron chi connectivity index (χ2n) is 3.25. The van der Waals surface area contributed by atoms with E-state index in [1.165, 1.54) is 12.1 Å². The molecule has 1 aromatic carbocycles. The summed E-state index contributed by atoms with van der Waals surface area (Å²) < 4.78 is 23.1. The van der Waals surface area contributed by atoms with Gasteiger partial charge in [0, 0.05) is 12.4 Å². The molecule has 0 unspecified atom stereocenters. The van der Waals surface area contributed by atoms with Crippen LogP contribution >= 0.6 is 0 Å². The summed E-state index contributed by atoms with van der Waals surface area (Å²) in [5.74, 6) is -1.77. The van der Waals surface area contributed by atoms with Gasteiger partial charge in [-0.15, -0.1) is 0 Å². The molecule has 0 amide bonds. The molecular weight excluding hydrogens is 255 g/mol. The topological polar surface area (TPSA) is 74.3 Å². The van der Waals surface area contributed by atoms with E-state index in [9.17, 15) is 18.3 Å². The fourth-order valence-corrected chi connectivity index (χ4v) is 2.30. The van der Waals surface area contributed by atoms with Crippen LogP contribution in [-0.2, 0) is 14.6 Å². The molecule has 0 bridgehead atoms. The van der Waals surface area contributed by atoms with E-state index < -0.39 is 28.0 Å². The van der Waals surface area contributed by atoms with Crippen LogP contribution in [0.15, 0.2) is 29.2 Å². The van der Waals surface area contributed by atoms with Crippen molar-refractivity contribution in [3.05, 3.63) is 29.8 Å². The van der Waals surface area contributed by atoms with Crippen molar-refractivity contribution in [3.63, 3.8) is 0 Å². The number of aliphatic carboxylic acids is 1. The number of rotatable bonds is 4. The molecule has 1 aromatic rings. The van der Waals surface area contributed by atoms with Crippen molar-refractivity contribution in [1.29, 1.82) is 0 Å². The van der Waals surface area contributed by atoms with E-state index in [1.54, 1.807) is 12.1 Å². The van der Waals surface area contributed by atoms with E-state index in [0.29, 0.717) is 0 Å². The number of carbonyl (C=O) groups excluding carboxylic acids is 1. The molecule has 6 heteroatoms. The van der Waals surface area contributed by atoms with Gasteiger partial charge in [0.15, 0.2) is 9.84 Å². The van der Waals surface area contributed by atoms with E-state index in [0.717, 1.165) is 5.56 Å². The van der Waals surface area contributed by atoms with Crippen molar-refractivity contribution in [1.82, 2.24) is 0 Å². The molecule has 0 fully saturated rings. The molecule has 0 spiro atoms. The standard InChI is InChI=1S/C10H12O4S.K/c1-8-2-4-9(5-3-8)15(13,14)7-6-10(11)12;/h2-5H,6-7H2,1H3,(H,11,12);/q;+1/p-1. The molecule has 0 saturated carbocycles. The van der Waals surface area contributed by atoms with Crippen molar-refractivity contribution in [2.75, 3.05) is 5.75 Å². The van der Waals surface area contributed by atoms with Gasteiger partial charge in [0.05, 0.1) is 10.6 Å².